The minimum Gasteiger partial charge on any atom is -0.453 e. The maximum Gasteiger partial charge on any atom is 0.197 e. The first kappa shape index (κ1) is 13.0. The van der Waals surface area contributed by atoms with Crippen LogP contribution in [0.3, 0.4) is 0 Å². The van der Waals surface area contributed by atoms with Gasteiger partial charge in [-0.3, -0.25) is 4.79 Å². The van der Waals surface area contributed by atoms with E-state index >= 15 is 0 Å². The SMILES string of the molecule is CCC(=O)c1ccc(-c2cc(Br)c(F)cc2F)o1. The minimum atomic E-state index is -0.736. The summed E-state index contributed by atoms with van der Waals surface area (Å²) in [7, 11) is 0. The van der Waals surface area contributed by atoms with Gasteiger partial charge in [0.2, 0.25) is 0 Å². The molecular formula is C13H9BrF2O2. The third-order valence-corrected chi connectivity index (χ3v) is 3.09. The van der Waals surface area contributed by atoms with E-state index in [4.69, 9.17) is 4.42 Å². The molecule has 0 saturated carbocycles. The van der Waals surface area contributed by atoms with E-state index in [1.165, 1.54) is 18.2 Å². The maximum atomic E-state index is 13.6. The van der Waals surface area contributed by atoms with Gasteiger partial charge in [0.1, 0.15) is 17.4 Å². The van der Waals surface area contributed by atoms with Crippen molar-refractivity contribution in [2.75, 3.05) is 0 Å². The fourth-order valence-electron chi connectivity index (χ4n) is 1.52. The van der Waals surface area contributed by atoms with Gasteiger partial charge >= 0.3 is 0 Å². The highest BCUT2D eigenvalue weighted by Gasteiger charge is 2.15. The number of hydrogen-bond acceptors (Lipinski definition) is 2. The number of furan rings is 1. The maximum absolute atomic E-state index is 13.6. The Morgan fingerprint density at radius 2 is 2.00 bits per heavy atom. The summed E-state index contributed by atoms with van der Waals surface area (Å²) in [4.78, 5) is 11.4. The molecule has 0 N–H and O–H groups in total. The van der Waals surface area contributed by atoms with Crippen molar-refractivity contribution in [1.29, 1.82) is 0 Å². The fourth-order valence-corrected chi connectivity index (χ4v) is 1.86. The third kappa shape index (κ3) is 2.36. The van der Waals surface area contributed by atoms with Gasteiger partial charge in [0.25, 0.3) is 0 Å². The van der Waals surface area contributed by atoms with Gasteiger partial charge < -0.3 is 4.42 Å². The number of Topliss-reactive ketones (excluding diaryl/α,β-unsaturated/α-hetero) is 1. The van der Waals surface area contributed by atoms with Crippen LogP contribution in [0.15, 0.2) is 33.2 Å². The van der Waals surface area contributed by atoms with Crippen LogP contribution in [0.25, 0.3) is 11.3 Å². The topological polar surface area (TPSA) is 30.2 Å². The van der Waals surface area contributed by atoms with Crippen molar-refractivity contribution in [3.8, 4) is 11.3 Å². The zero-order chi connectivity index (χ0) is 13.3. The minimum absolute atomic E-state index is 0.110. The van der Waals surface area contributed by atoms with Crippen molar-refractivity contribution in [3.05, 3.63) is 46.1 Å². The van der Waals surface area contributed by atoms with Crippen molar-refractivity contribution in [2.45, 2.75) is 13.3 Å². The van der Waals surface area contributed by atoms with Crippen LogP contribution in [0.5, 0.6) is 0 Å². The first-order chi connectivity index (χ1) is 8.52. The smallest absolute Gasteiger partial charge is 0.197 e. The van der Waals surface area contributed by atoms with E-state index in [1.54, 1.807) is 6.92 Å². The van der Waals surface area contributed by atoms with E-state index in [0.29, 0.717) is 6.42 Å². The van der Waals surface area contributed by atoms with Crippen LogP contribution in [0.4, 0.5) is 8.78 Å². The quantitative estimate of drug-likeness (QED) is 0.613. The molecule has 1 aromatic heterocycles. The van der Waals surface area contributed by atoms with E-state index in [0.717, 1.165) is 6.07 Å². The Kier molecular flexibility index (Phi) is 3.61. The lowest BCUT2D eigenvalue weighted by Crippen LogP contribution is -1.92. The van der Waals surface area contributed by atoms with Crippen LogP contribution in [-0.4, -0.2) is 5.78 Å². The van der Waals surface area contributed by atoms with Gasteiger partial charge in [-0.05, 0) is 34.1 Å². The Labute approximate surface area is 111 Å². The average molecular weight is 315 g/mol. The van der Waals surface area contributed by atoms with Crippen LogP contribution >= 0.6 is 15.9 Å². The van der Waals surface area contributed by atoms with Gasteiger partial charge in [0, 0.05) is 12.5 Å². The molecule has 0 aliphatic carbocycles. The lowest BCUT2D eigenvalue weighted by atomic mass is 10.1. The second-order valence-electron chi connectivity index (χ2n) is 3.69. The lowest BCUT2D eigenvalue weighted by Gasteiger charge is -2.02. The van der Waals surface area contributed by atoms with Gasteiger partial charge in [0.05, 0.1) is 10.0 Å². The summed E-state index contributed by atoms with van der Waals surface area (Å²) in [6.07, 6.45) is 0.308. The summed E-state index contributed by atoms with van der Waals surface area (Å²) in [5.41, 5.74) is 0.110. The molecule has 2 rings (SSSR count). The molecule has 2 aromatic rings. The number of benzene rings is 1. The van der Waals surface area contributed by atoms with Crippen molar-refractivity contribution in [1.82, 2.24) is 0 Å². The van der Waals surface area contributed by atoms with Crippen LogP contribution in [0.2, 0.25) is 0 Å². The predicted octanol–water partition coefficient (Wildman–Crippen LogP) is 4.58. The Bertz CT molecular complexity index is 605. The van der Waals surface area contributed by atoms with Crippen LogP contribution in [0.1, 0.15) is 23.9 Å². The molecule has 0 amide bonds. The molecule has 0 atom stereocenters. The lowest BCUT2D eigenvalue weighted by molar-refractivity contribution is 0.0962. The van der Waals surface area contributed by atoms with Crippen LogP contribution < -0.4 is 0 Å². The summed E-state index contributed by atoms with van der Waals surface area (Å²) in [6, 6.07) is 5.02. The van der Waals surface area contributed by atoms with Crippen molar-refractivity contribution in [3.63, 3.8) is 0 Å². The fraction of sp³-hybridized carbons (Fsp3) is 0.154. The van der Waals surface area contributed by atoms with Crippen molar-refractivity contribution < 1.29 is 18.0 Å². The predicted molar refractivity (Wildman–Crippen MR) is 66.4 cm³/mol. The number of halogens is 3. The highest BCUT2D eigenvalue weighted by atomic mass is 79.9. The summed E-state index contributed by atoms with van der Waals surface area (Å²) in [6.45, 7) is 1.71. The van der Waals surface area contributed by atoms with Crippen LogP contribution in [-0.2, 0) is 0 Å². The van der Waals surface area contributed by atoms with E-state index in [1.807, 2.05) is 0 Å². The zero-order valence-electron chi connectivity index (χ0n) is 9.47. The van der Waals surface area contributed by atoms with E-state index in [-0.39, 0.29) is 27.3 Å². The Morgan fingerprint density at radius 3 is 2.67 bits per heavy atom. The molecule has 0 aliphatic heterocycles. The largest absolute Gasteiger partial charge is 0.453 e. The first-order valence-electron chi connectivity index (χ1n) is 5.31. The molecule has 2 nitrogen and oxygen atoms in total. The summed E-state index contributed by atoms with van der Waals surface area (Å²) >= 11 is 2.98. The third-order valence-electron chi connectivity index (χ3n) is 2.48. The van der Waals surface area contributed by atoms with Gasteiger partial charge in [-0.2, -0.15) is 0 Å². The second-order valence-corrected chi connectivity index (χ2v) is 4.54. The molecule has 0 fully saturated rings. The average Bonchev–Trinajstić information content (AvgIpc) is 2.82. The molecule has 0 radical (unpaired) electrons. The highest BCUT2D eigenvalue weighted by Crippen LogP contribution is 2.29. The summed E-state index contributed by atoms with van der Waals surface area (Å²) < 4.78 is 32.1. The van der Waals surface area contributed by atoms with E-state index < -0.39 is 11.6 Å². The Balaban J connectivity index is 2.46. The van der Waals surface area contributed by atoms with E-state index in [2.05, 4.69) is 15.9 Å². The Morgan fingerprint density at radius 1 is 1.28 bits per heavy atom. The summed E-state index contributed by atoms with van der Waals surface area (Å²) in [5.74, 6) is -1.21. The number of carbonyl (C=O) groups excluding carboxylic acids is 1. The van der Waals surface area contributed by atoms with Crippen LogP contribution in [0, 0.1) is 11.6 Å². The molecule has 94 valence electrons. The molecule has 0 aliphatic rings. The molecule has 0 spiro atoms. The van der Waals surface area contributed by atoms with Crippen molar-refractivity contribution in [2.24, 2.45) is 0 Å². The van der Waals surface area contributed by atoms with Crippen molar-refractivity contribution >= 4 is 21.7 Å². The molecule has 0 saturated heterocycles. The molecule has 5 heteroatoms. The number of hydrogen-bond donors (Lipinski definition) is 0. The second kappa shape index (κ2) is 5.02. The normalized spacial score (nSPS) is 10.7. The van der Waals surface area contributed by atoms with Gasteiger partial charge in [-0.15, -0.1) is 0 Å². The molecular weight excluding hydrogens is 306 g/mol. The number of rotatable bonds is 3. The molecule has 0 unspecified atom stereocenters. The highest BCUT2D eigenvalue weighted by molar-refractivity contribution is 9.10. The number of carbonyl (C=O) groups is 1. The van der Waals surface area contributed by atoms with Gasteiger partial charge in [-0.1, -0.05) is 6.92 Å². The summed E-state index contributed by atoms with van der Waals surface area (Å²) in [5, 5.41) is 0. The molecule has 1 heterocycles. The molecule has 0 bridgehead atoms. The van der Waals surface area contributed by atoms with E-state index in [9.17, 15) is 13.6 Å². The Hall–Kier alpha value is -1.49. The molecule has 18 heavy (non-hydrogen) atoms. The monoisotopic (exact) mass is 314 g/mol. The van der Waals surface area contributed by atoms with Gasteiger partial charge in [-0.25, -0.2) is 8.78 Å². The molecule has 1 aromatic carbocycles. The standard InChI is InChI=1S/C13H9BrF2O2/c1-2-11(17)13-4-3-12(18-13)7-5-8(14)10(16)6-9(7)15/h3-6H,2H2,1H3. The number of ketones is 1. The van der Waals surface area contributed by atoms with Gasteiger partial charge in [0.15, 0.2) is 11.5 Å². The zero-order valence-corrected chi connectivity index (χ0v) is 11.1. The first-order valence-corrected chi connectivity index (χ1v) is 6.10.